The molecule has 8 nitrogen and oxygen atoms in total. The number of carbonyl (C=O) groups is 3. The van der Waals surface area contributed by atoms with E-state index in [-0.39, 0.29) is 23.6 Å². The van der Waals surface area contributed by atoms with E-state index in [1.165, 1.54) is 6.07 Å². The van der Waals surface area contributed by atoms with Crippen LogP contribution in [0.25, 0.3) is 0 Å². The van der Waals surface area contributed by atoms with Gasteiger partial charge in [0, 0.05) is 17.0 Å². The molecule has 250 valence electrons. The fourth-order valence-electron chi connectivity index (χ4n) is 6.80. The Hall–Kier alpha value is -4.40. The number of carbonyl (C=O) groups excluding carboxylic acids is 3. The van der Waals surface area contributed by atoms with Gasteiger partial charge in [0.2, 0.25) is 6.10 Å². The highest BCUT2D eigenvalue weighted by molar-refractivity contribution is 6.23. The minimum absolute atomic E-state index is 0.0113. The fourth-order valence-corrected chi connectivity index (χ4v) is 6.80. The Bertz CT molecular complexity index is 1730. The number of anilines is 1. The maximum Gasteiger partial charge on any atom is 0.421 e. The number of hydrogen-bond acceptors (Lipinski definition) is 7. The number of aromatic hydroxyl groups is 1. The molecule has 2 heterocycles. The Morgan fingerprint density at radius 2 is 1.53 bits per heavy atom. The number of imide groups is 1. The van der Waals surface area contributed by atoms with Gasteiger partial charge >= 0.3 is 12.1 Å². The van der Waals surface area contributed by atoms with Gasteiger partial charge in [-0.2, -0.15) is 0 Å². The summed E-state index contributed by atoms with van der Waals surface area (Å²) in [6, 6.07) is 14.9. The van der Waals surface area contributed by atoms with Crippen molar-refractivity contribution < 1.29 is 38.1 Å². The van der Waals surface area contributed by atoms with E-state index < -0.39 is 57.7 Å². The van der Waals surface area contributed by atoms with Gasteiger partial charge in [-0.25, -0.2) is 18.9 Å². The van der Waals surface area contributed by atoms with Gasteiger partial charge in [-0.15, -0.1) is 0 Å². The maximum atomic E-state index is 16.0. The average Bonchev–Trinajstić information content (AvgIpc) is 3.20. The molecule has 3 aromatic rings. The number of hydrogen-bond donors (Lipinski definition) is 1. The van der Waals surface area contributed by atoms with E-state index in [0.29, 0.717) is 32.9 Å². The van der Waals surface area contributed by atoms with Crippen LogP contribution < -0.4 is 9.64 Å². The lowest BCUT2D eigenvalue weighted by atomic mass is 9.60. The Balaban J connectivity index is 1.97. The third-order valence-electron chi connectivity index (χ3n) is 8.72. The Morgan fingerprint density at radius 1 is 0.936 bits per heavy atom. The van der Waals surface area contributed by atoms with E-state index in [4.69, 9.17) is 14.2 Å². The minimum atomic E-state index is -2.02. The van der Waals surface area contributed by atoms with Gasteiger partial charge in [0.25, 0.3) is 5.91 Å². The lowest BCUT2D eigenvalue weighted by Crippen LogP contribution is -2.61. The van der Waals surface area contributed by atoms with Gasteiger partial charge in [0.15, 0.2) is 0 Å². The molecule has 5 rings (SSSR count). The number of ether oxygens (including phenoxy) is 3. The van der Waals surface area contributed by atoms with Crippen LogP contribution in [0.4, 0.5) is 14.9 Å². The van der Waals surface area contributed by atoms with Gasteiger partial charge in [-0.1, -0.05) is 84.0 Å². The quantitative estimate of drug-likeness (QED) is 0.290. The minimum Gasteiger partial charge on any atom is -0.507 e. The zero-order valence-electron chi connectivity index (χ0n) is 28.8. The molecule has 9 heteroatoms. The zero-order valence-corrected chi connectivity index (χ0v) is 28.8. The van der Waals surface area contributed by atoms with Crippen molar-refractivity contribution in [1.29, 1.82) is 0 Å². The van der Waals surface area contributed by atoms with Crippen LogP contribution in [0.15, 0.2) is 54.6 Å². The van der Waals surface area contributed by atoms with Crippen molar-refractivity contribution >= 4 is 23.7 Å². The third-order valence-corrected chi connectivity index (χ3v) is 8.72. The van der Waals surface area contributed by atoms with Crippen molar-refractivity contribution in [3.8, 4) is 11.5 Å². The number of amides is 2. The molecule has 0 saturated carbocycles. The van der Waals surface area contributed by atoms with E-state index in [2.05, 4.69) is 0 Å². The van der Waals surface area contributed by atoms with E-state index in [0.717, 1.165) is 6.07 Å². The van der Waals surface area contributed by atoms with Crippen LogP contribution in [0.5, 0.6) is 11.5 Å². The van der Waals surface area contributed by atoms with Crippen LogP contribution >= 0.6 is 0 Å². The number of phenolic OH excluding ortho intramolecular Hbond substituents is 1. The summed E-state index contributed by atoms with van der Waals surface area (Å²) in [5.74, 6) is -3.09. The average molecular weight is 646 g/mol. The van der Waals surface area contributed by atoms with Gasteiger partial charge in [-0.05, 0) is 67.3 Å². The summed E-state index contributed by atoms with van der Waals surface area (Å²) in [4.78, 5) is 43.9. The first kappa shape index (κ1) is 33.9. The number of rotatable bonds is 3. The highest BCUT2D eigenvalue weighted by atomic mass is 19.1. The smallest absolute Gasteiger partial charge is 0.421 e. The Labute approximate surface area is 275 Å². The van der Waals surface area contributed by atoms with E-state index in [1.54, 1.807) is 58.0 Å². The molecule has 0 bridgehead atoms. The van der Waals surface area contributed by atoms with Crippen LogP contribution in [0, 0.1) is 5.82 Å². The number of nitrogens with zero attached hydrogens (tertiary/aromatic N) is 1. The molecule has 3 aromatic carbocycles. The van der Waals surface area contributed by atoms with Gasteiger partial charge < -0.3 is 19.3 Å². The van der Waals surface area contributed by atoms with Gasteiger partial charge in [-0.3, -0.25) is 4.79 Å². The molecule has 0 aliphatic carbocycles. The molecular weight excluding hydrogens is 601 g/mol. The second kappa shape index (κ2) is 11.4. The summed E-state index contributed by atoms with van der Waals surface area (Å²) < 4.78 is 33.6. The highest BCUT2D eigenvalue weighted by Crippen LogP contribution is 2.60. The first-order chi connectivity index (χ1) is 21.7. The summed E-state index contributed by atoms with van der Waals surface area (Å²) in [5, 5.41) is 11.6. The van der Waals surface area contributed by atoms with Gasteiger partial charge in [0.05, 0.1) is 12.3 Å². The maximum absolute atomic E-state index is 16.0. The number of benzene rings is 3. The first-order valence-electron chi connectivity index (χ1n) is 15.9. The summed E-state index contributed by atoms with van der Waals surface area (Å²) in [5.41, 5.74) is -1.94. The van der Waals surface area contributed by atoms with Crippen molar-refractivity contribution in [2.75, 3.05) is 11.5 Å². The summed E-state index contributed by atoms with van der Waals surface area (Å²) in [7, 11) is 0. The fraction of sp³-hybridized carbons (Fsp3) is 0.447. The second-order valence-electron chi connectivity index (χ2n) is 15.3. The van der Waals surface area contributed by atoms with Crippen molar-refractivity contribution in [2.24, 2.45) is 0 Å². The number of halogens is 1. The largest absolute Gasteiger partial charge is 0.507 e. The molecule has 0 fully saturated rings. The third kappa shape index (κ3) is 5.53. The van der Waals surface area contributed by atoms with E-state index >= 15 is 9.18 Å². The predicted molar refractivity (Wildman–Crippen MR) is 177 cm³/mol. The van der Waals surface area contributed by atoms with Crippen molar-refractivity contribution in [3.63, 3.8) is 0 Å². The summed E-state index contributed by atoms with van der Waals surface area (Å²) >= 11 is 0. The second-order valence-corrected chi connectivity index (χ2v) is 15.3. The standard InChI is InChI=1S/C38H44FNO7/c1-11-45-32(42)31-38(23-16-14-17-26(39)29(23)40(33(38)43)34(44)47-37(8,9)10)28(22-15-12-13-18-27(22)46-31)21-19-24(35(2,3)4)30(41)25(20-21)36(5,6)7/h12-20,28,31,41H,11H2,1-10H3/t28-,31-,38+/m1/s1. The lowest BCUT2D eigenvalue weighted by molar-refractivity contribution is -0.159. The molecule has 2 aliphatic rings. The van der Waals surface area contributed by atoms with Crippen molar-refractivity contribution in [1.82, 2.24) is 0 Å². The summed E-state index contributed by atoms with van der Waals surface area (Å²) in [6.07, 6.45) is -2.70. The van der Waals surface area contributed by atoms with Crippen LogP contribution in [-0.2, 0) is 35.3 Å². The Morgan fingerprint density at radius 3 is 2.09 bits per heavy atom. The van der Waals surface area contributed by atoms with Crippen LogP contribution in [0.3, 0.4) is 0 Å². The monoisotopic (exact) mass is 645 g/mol. The number of phenols is 1. The molecule has 1 N–H and O–H groups in total. The topological polar surface area (TPSA) is 102 Å². The van der Waals surface area contributed by atoms with Crippen molar-refractivity contribution in [2.45, 2.75) is 103 Å². The molecule has 47 heavy (non-hydrogen) atoms. The number of para-hydroxylation sites is 2. The molecule has 0 aromatic heterocycles. The molecule has 0 saturated heterocycles. The zero-order chi connectivity index (χ0) is 34.9. The molecule has 0 radical (unpaired) electrons. The molecule has 2 aliphatic heterocycles. The first-order valence-corrected chi connectivity index (χ1v) is 15.9. The van der Waals surface area contributed by atoms with Gasteiger partial charge in [0.1, 0.15) is 28.3 Å². The molecule has 2 amide bonds. The number of fused-ring (bicyclic) bond motifs is 3. The molecule has 0 unspecified atom stereocenters. The van der Waals surface area contributed by atoms with E-state index in [9.17, 15) is 14.7 Å². The SMILES string of the molecule is CCOC(=O)[C@H]1Oc2ccccc2[C@@H](c2cc(C(C)(C)C)c(O)c(C(C)(C)C)c2)[C@]12C(=O)N(C(=O)OC(C)(C)C)c1c(F)cccc12. The number of esters is 1. The summed E-state index contributed by atoms with van der Waals surface area (Å²) in [6.45, 7) is 18.4. The van der Waals surface area contributed by atoms with E-state index in [1.807, 2.05) is 53.7 Å². The molecular formula is C38H44FNO7. The molecule has 1 spiro atoms. The lowest BCUT2D eigenvalue weighted by Gasteiger charge is -2.46. The highest BCUT2D eigenvalue weighted by Gasteiger charge is 2.69. The van der Waals surface area contributed by atoms with Crippen LogP contribution in [0.1, 0.15) is 103 Å². The predicted octanol–water partition coefficient (Wildman–Crippen LogP) is 7.80. The normalized spacial score (nSPS) is 20.8. The van der Waals surface area contributed by atoms with Crippen molar-refractivity contribution in [3.05, 3.63) is 88.2 Å². The van der Waals surface area contributed by atoms with Crippen LogP contribution in [-0.4, -0.2) is 41.4 Å². The molecule has 3 atom stereocenters. The van der Waals surface area contributed by atoms with Crippen LogP contribution in [0.2, 0.25) is 0 Å². The Kier molecular flexibility index (Phi) is 8.23.